The molecule has 2 fully saturated rings. The molecule has 25 heavy (non-hydrogen) atoms. The number of rotatable bonds is 5. The van der Waals surface area contributed by atoms with Crippen LogP contribution >= 0.6 is 11.8 Å². The minimum Gasteiger partial charge on any atom is -0.497 e. The lowest BCUT2D eigenvalue weighted by molar-refractivity contribution is -0.159. The van der Waals surface area contributed by atoms with E-state index in [0.29, 0.717) is 18.0 Å². The third-order valence-electron chi connectivity index (χ3n) is 4.65. The molecule has 2 aliphatic rings. The number of hydrogen-bond acceptors (Lipinski definition) is 7. The van der Waals surface area contributed by atoms with Crippen LogP contribution in [-0.4, -0.2) is 64.4 Å². The van der Waals surface area contributed by atoms with Gasteiger partial charge >= 0.3 is 0 Å². The van der Waals surface area contributed by atoms with Crippen molar-refractivity contribution in [2.75, 3.05) is 14.2 Å². The van der Waals surface area contributed by atoms with Gasteiger partial charge in [-0.2, -0.15) is 0 Å². The second kappa shape index (κ2) is 7.92. The number of nitrogens with zero attached hydrogens (tertiary/aromatic N) is 1. The molecule has 4 N–H and O–H groups in total. The average Bonchev–Trinajstić information content (AvgIpc) is 3.06. The maximum atomic E-state index is 10.4. The van der Waals surface area contributed by atoms with Gasteiger partial charge in [0, 0.05) is 7.05 Å². The summed E-state index contributed by atoms with van der Waals surface area (Å²) < 4.78 is 11.0. The quantitative estimate of drug-likeness (QED) is 0.605. The number of aliphatic hydroxyl groups is 3. The molecule has 2 saturated heterocycles. The molecule has 0 aromatic heterocycles. The first-order valence-corrected chi connectivity index (χ1v) is 9.15. The van der Waals surface area contributed by atoms with Gasteiger partial charge < -0.3 is 30.1 Å². The molecule has 0 spiro atoms. The van der Waals surface area contributed by atoms with E-state index in [1.54, 1.807) is 26.3 Å². The minimum atomic E-state index is -1.01. The van der Waals surface area contributed by atoms with Crippen molar-refractivity contribution in [1.82, 2.24) is 5.32 Å². The molecule has 8 heteroatoms. The lowest BCUT2D eigenvalue weighted by Gasteiger charge is -2.39. The Morgan fingerprint density at radius 2 is 2.00 bits per heavy atom. The highest BCUT2D eigenvalue weighted by Crippen LogP contribution is 2.36. The standard InChI is InChI=1S/C17H24N2O5S/c1-18-17-19-13-15(22)14(21)12(24-16(13)25-17)8-7-11(20)9-3-5-10(23-2)6-4-9/h3-6,11-16,20-22H,7-8H2,1-2H3,(H,18,19)/t11-,12-,13-,14-,15-,16-/m1/s1. The molecular formula is C17H24N2O5S. The number of aliphatic imine (C=N–C) groups is 1. The van der Waals surface area contributed by atoms with E-state index >= 15 is 0 Å². The molecule has 0 aliphatic carbocycles. The van der Waals surface area contributed by atoms with Crippen molar-refractivity contribution in [2.24, 2.45) is 4.99 Å². The van der Waals surface area contributed by atoms with Crippen LogP contribution in [0, 0.1) is 0 Å². The number of thioether (sulfide) groups is 1. The Bertz CT molecular complexity index is 612. The Morgan fingerprint density at radius 1 is 1.28 bits per heavy atom. The van der Waals surface area contributed by atoms with Gasteiger partial charge in [-0.25, -0.2) is 0 Å². The highest BCUT2D eigenvalue weighted by Gasteiger charge is 2.48. The zero-order valence-corrected chi connectivity index (χ0v) is 15.0. The van der Waals surface area contributed by atoms with Crippen LogP contribution in [0.3, 0.4) is 0 Å². The summed E-state index contributed by atoms with van der Waals surface area (Å²) in [5, 5.41) is 34.8. The molecule has 0 bridgehead atoms. The summed E-state index contributed by atoms with van der Waals surface area (Å²) in [7, 11) is 3.26. The molecule has 1 aromatic rings. The summed E-state index contributed by atoms with van der Waals surface area (Å²) >= 11 is 1.41. The Labute approximate surface area is 151 Å². The third-order valence-corrected chi connectivity index (χ3v) is 5.81. The van der Waals surface area contributed by atoms with Crippen LogP contribution in [-0.2, 0) is 4.74 Å². The molecule has 2 heterocycles. The summed E-state index contributed by atoms with van der Waals surface area (Å²) in [6.07, 6.45) is -2.28. The molecule has 0 amide bonds. The first kappa shape index (κ1) is 18.5. The lowest BCUT2D eigenvalue weighted by Crippen LogP contribution is -2.58. The van der Waals surface area contributed by atoms with E-state index < -0.39 is 24.4 Å². The van der Waals surface area contributed by atoms with Gasteiger partial charge in [-0.3, -0.25) is 4.99 Å². The summed E-state index contributed by atoms with van der Waals surface area (Å²) in [5.41, 5.74) is 0.488. The first-order valence-electron chi connectivity index (χ1n) is 8.27. The fourth-order valence-electron chi connectivity index (χ4n) is 3.14. The van der Waals surface area contributed by atoms with Crippen LogP contribution < -0.4 is 10.1 Å². The maximum absolute atomic E-state index is 10.4. The van der Waals surface area contributed by atoms with Gasteiger partial charge in [-0.05, 0) is 30.5 Å². The highest BCUT2D eigenvalue weighted by molar-refractivity contribution is 8.14. The van der Waals surface area contributed by atoms with Crippen LogP contribution in [0.25, 0.3) is 0 Å². The third kappa shape index (κ3) is 3.93. The van der Waals surface area contributed by atoms with Gasteiger partial charge in [-0.15, -0.1) is 0 Å². The molecule has 3 rings (SSSR count). The number of aliphatic hydroxyl groups excluding tert-OH is 3. The van der Waals surface area contributed by atoms with E-state index in [1.807, 2.05) is 12.1 Å². The van der Waals surface area contributed by atoms with E-state index in [9.17, 15) is 15.3 Å². The number of amidine groups is 1. The number of hydrogen-bond donors (Lipinski definition) is 4. The first-order chi connectivity index (χ1) is 12.0. The number of benzene rings is 1. The second-order valence-corrected chi connectivity index (χ2v) is 7.29. The average molecular weight is 368 g/mol. The van der Waals surface area contributed by atoms with E-state index in [1.165, 1.54) is 11.8 Å². The van der Waals surface area contributed by atoms with Crippen molar-refractivity contribution < 1.29 is 24.8 Å². The zero-order valence-electron chi connectivity index (χ0n) is 14.2. The molecule has 6 atom stereocenters. The van der Waals surface area contributed by atoms with Gasteiger partial charge in [0.1, 0.15) is 23.4 Å². The normalized spacial score (nSPS) is 34.4. The van der Waals surface area contributed by atoms with E-state index in [2.05, 4.69) is 10.3 Å². The second-order valence-electron chi connectivity index (χ2n) is 6.21. The molecule has 0 saturated carbocycles. The fourth-order valence-corrected chi connectivity index (χ4v) is 4.25. The summed E-state index contributed by atoms with van der Waals surface area (Å²) in [6, 6.07) is 6.85. The smallest absolute Gasteiger partial charge is 0.159 e. The molecule has 138 valence electrons. The molecule has 1 aromatic carbocycles. The summed E-state index contributed by atoms with van der Waals surface area (Å²) in [5.74, 6) is 0.732. The summed E-state index contributed by atoms with van der Waals surface area (Å²) in [6.45, 7) is 0. The van der Waals surface area contributed by atoms with Gasteiger partial charge in [0.2, 0.25) is 0 Å². The van der Waals surface area contributed by atoms with Gasteiger partial charge in [0.25, 0.3) is 0 Å². The predicted molar refractivity (Wildman–Crippen MR) is 95.7 cm³/mol. The van der Waals surface area contributed by atoms with E-state index in [-0.39, 0.29) is 11.5 Å². The van der Waals surface area contributed by atoms with Gasteiger partial charge in [-0.1, -0.05) is 23.9 Å². The topological polar surface area (TPSA) is 104 Å². The Hall–Kier alpha value is -1.32. The molecule has 0 unspecified atom stereocenters. The molecule has 7 nitrogen and oxygen atoms in total. The van der Waals surface area contributed by atoms with Crippen LogP contribution in [0.15, 0.2) is 29.3 Å². The van der Waals surface area contributed by atoms with Gasteiger partial charge in [0.05, 0.1) is 25.4 Å². The van der Waals surface area contributed by atoms with Crippen molar-refractivity contribution in [3.63, 3.8) is 0 Å². The number of fused-ring (bicyclic) bond motifs is 1. The number of ether oxygens (including phenoxy) is 2. The summed E-state index contributed by atoms with van der Waals surface area (Å²) in [4.78, 5) is 4.07. The number of nitrogens with one attached hydrogen (secondary N) is 1. The Balaban J connectivity index is 1.58. The van der Waals surface area contributed by atoms with Crippen LogP contribution in [0.2, 0.25) is 0 Å². The predicted octanol–water partition coefficient (Wildman–Crippen LogP) is 0.646. The van der Waals surface area contributed by atoms with E-state index in [4.69, 9.17) is 9.47 Å². The minimum absolute atomic E-state index is 0.291. The molecule has 2 aliphatic heterocycles. The van der Waals surface area contributed by atoms with Crippen LogP contribution in [0.1, 0.15) is 24.5 Å². The maximum Gasteiger partial charge on any atom is 0.159 e. The Morgan fingerprint density at radius 3 is 2.64 bits per heavy atom. The molecular weight excluding hydrogens is 344 g/mol. The van der Waals surface area contributed by atoms with Crippen molar-refractivity contribution in [3.8, 4) is 5.75 Å². The zero-order chi connectivity index (χ0) is 18.0. The monoisotopic (exact) mass is 368 g/mol. The largest absolute Gasteiger partial charge is 0.497 e. The molecule has 0 radical (unpaired) electrons. The Kier molecular flexibility index (Phi) is 5.85. The van der Waals surface area contributed by atoms with Crippen molar-refractivity contribution >= 4 is 16.9 Å². The fraction of sp³-hybridized carbons (Fsp3) is 0.588. The lowest BCUT2D eigenvalue weighted by atomic mass is 9.93. The van der Waals surface area contributed by atoms with Crippen molar-refractivity contribution in [2.45, 2.75) is 48.7 Å². The van der Waals surface area contributed by atoms with Crippen LogP contribution in [0.4, 0.5) is 0 Å². The highest BCUT2D eigenvalue weighted by atomic mass is 32.2. The van der Waals surface area contributed by atoms with Gasteiger partial charge in [0.15, 0.2) is 5.17 Å². The number of methoxy groups -OCH3 is 1. The van der Waals surface area contributed by atoms with E-state index in [0.717, 1.165) is 11.3 Å². The van der Waals surface area contributed by atoms with Crippen molar-refractivity contribution in [3.05, 3.63) is 29.8 Å². The van der Waals surface area contributed by atoms with Crippen molar-refractivity contribution in [1.29, 1.82) is 0 Å². The van der Waals surface area contributed by atoms with Crippen LogP contribution in [0.5, 0.6) is 5.75 Å². The SMILES string of the molecule is CN=C1N[C@@H]2[C@@H](O)[C@H](O)[C@@H](CC[C@@H](O)c3ccc(OC)cc3)O[C@@H]2S1.